The molecular formula is C22H25N7O3. The average Bonchev–Trinajstić information content (AvgIpc) is 3.15. The topological polar surface area (TPSA) is 106 Å². The number of para-hydroxylation sites is 2. The van der Waals surface area contributed by atoms with Crippen LogP contribution in [0.4, 0.5) is 11.6 Å². The van der Waals surface area contributed by atoms with Crippen LogP contribution in [0.3, 0.4) is 0 Å². The SMILES string of the molecule is CC#CCn1c(N2CCNCC2)nc2nc(Oc3ccccc3NC(C)=O)n(C)c(=O)c21. The highest BCUT2D eigenvalue weighted by molar-refractivity contribution is 5.90. The Kier molecular flexibility index (Phi) is 6.09. The summed E-state index contributed by atoms with van der Waals surface area (Å²) in [7, 11) is 1.60. The van der Waals surface area contributed by atoms with E-state index in [4.69, 9.17) is 4.74 Å². The molecular weight excluding hydrogens is 410 g/mol. The van der Waals surface area contributed by atoms with Gasteiger partial charge in [0.1, 0.15) is 0 Å². The van der Waals surface area contributed by atoms with E-state index in [-0.39, 0.29) is 17.5 Å². The summed E-state index contributed by atoms with van der Waals surface area (Å²) in [6.07, 6.45) is 0. The van der Waals surface area contributed by atoms with E-state index in [1.54, 1.807) is 38.2 Å². The molecule has 0 bridgehead atoms. The molecule has 10 nitrogen and oxygen atoms in total. The Morgan fingerprint density at radius 3 is 2.72 bits per heavy atom. The van der Waals surface area contributed by atoms with Crippen LogP contribution in [0.5, 0.6) is 11.8 Å². The van der Waals surface area contributed by atoms with Crippen LogP contribution < -0.4 is 25.8 Å². The molecule has 0 aliphatic carbocycles. The fourth-order valence-corrected chi connectivity index (χ4v) is 3.58. The Morgan fingerprint density at radius 1 is 1.25 bits per heavy atom. The first-order valence-corrected chi connectivity index (χ1v) is 10.4. The van der Waals surface area contributed by atoms with Crippen molar-refractivity contribution in [3.05, 3.63) is 34.6 Å². The number of hydrogen-bond acceptors (Lipinski definition) is 7. The van der Waals surface area contributed by atoms with Crippen LogP contribution in [0, 0.1) is 11.8 Å². The zero-order chi connectivity index (χ0) is 22.7. The Bertz CT molecular complexity index is 1280. The van der Waals surface area contributed by atoms with Crippen molar-refractivity contribution < 1.29 is 9.53 Å². The molecule has 3 aromatic rings. The lowest BCUT2D eigenvalue weighted by atomic mass is 10.3. The summed E-state index contributed by atoms with van der Waals surface area (Å²) in [5, 5.41) is 6.04. The predicted molar refractivity (Wildman–Crippen MR) is 122 cm³/mol. The minimum Gasteiger partial charge on any atom is -0.423 e. The highest BCUT2D eigenvalue weighted by atomic mass is 16.5. The maximum absolute atomic E-state index is 13.3. The third-order valence-corrected chi connectivity index (χ3v) is 5.14. The number of benzene rings is 1. The second kappa shape index (κ2) is 9.11. The van der Waals surface area contributed by atoms with Crippen LogP contribution in [0.2, 0.25) is 0 Å². The number of carbonyl (C=O) groups is 1. The van der Waals surface area contributed by atoms with E-state index in [0.717, 1.165) is 26.2 Å². The maximum atomic E-state index is 13.3. The van der Waals surface area contributed by atoms with E-state index in [1.807, 2.05) is 4.57 Å². The number of aromatic nitrogens is 4. The van der Waals surface area contributed by atoms with Crippen molar-refractivity contribution in [1.29, 1.82) is 0 Å². The van der Waals surface area contributed by atoms with Crippen LogP contribution >= 0.6 is 0 Å². The Hall–Kier alpha value is -3.84. The van der Waals surface area contributed by atoms with Crippen molar-refractivity contribution in [1.82, 2.24) is 24.4 Å². The maximum Gasteiger partial charge on any atom is 0.306 e. The number of anilines is 2. The molecule has 0 spiro atoms. The molecule has 2 aromatic heterocycles. The zero-order valence-electron chi connectivity index (χ0n) is 18.3. The second-order valence-corrected chi connectivity index (χ2v) is 7.37. The van der Waals surface area contributed by atoms with Gasteiger partial charge in [-0.3, -0.25) is 18.7 Å². The van der Waals surface area contributed by atoms with Crippen molar-refractivity contribution >= 4 is 28.7 Å². The Morgan fingerprint density at radius 2 is 2.00 bits per heavy atom. The quantitative estimate of drug-likeness (QED) is 0.582. The number of piperazine rings is 1. The lowest BCUT2D eigenvalue weighted by molar-refractivity contribution is -0.114. The summed E-state index contributed by atoms with van der Waals surface area (Å²) < 4.78 is 9.10. The second-order valence-electron chi connectivity index (χ2n) is 7.37. The number of nitrogens with one attached hydrogen (secondary N) is 2. The van der Waals surface area contributed by atoms with Crippen molar-refractivity contribution in [3.8, 4) is 23.6 Å². The molecule has 1 saturated heterocycles. The smallest absolute Gasteiger partial charge is 0.306 e. The van der Waals surface area contributed by atoms with Crippen molar-refractivity contribution in [2.24, 2.45) is 7.05 Å². The first kappa shape index (κ1) is 21.4. The molecule has 0 atom stereocenters. The third kappa shape index (κ3) is 4.15. The predicted octanol–water partition coefficient (Wildman–Crippen LogP) is 1.31. The van der Waals surface area contributed by atoms with Gasteiger partial charge in [0.15, 0.2) is 16.9 Å². The summed E-state index contributed by atoms with van der Waals surface area (Å²) in [6.45, 7) is 6.74. The van der Waals surface area contributed by atoms with E-state index in [9.17, 15) is 9.59 Å². The fraction of sp³-hybridized carbons (Fsp3) is 0.364. The zero-order valence-corrected chi connectivity index (χ0v) is 18.3. The standard InChI is InChI=1S/C22H25N7O3/c1-4-5-12-29-18-19(25-21(29)28-13-10-23-11-14-28)26-22(27(3)20(18)31)32-17-9-7-6-8-16(17)24-15(2)30/h6-9,23H,10-14H2,1-3H3,(H,24,30). The molecule has 10 heteroatoms. The van der Waals surface area contributed by atoms with Gasteiger partial charge in [0, 0.05) is 40.2 Å². The normalized spacial score (nSPS) is 13.5. The number of carbonyl (C=O) groups excluding carboxylic acids is 1. The number of fused-ring (bicyclic) bond motifs is 1. The summed E-state index contributed by atoms with van der Waals surface area (Å²) >= 11 is 0. The molecule has 3 heterocycles. The van der Waals surface area contributed by atoms with E-state index in [1.165, 1.54) is 11.5 Å². The van der Waals surface area contributed by atoms with Crippen LogP contribution in [-0.4, -0.2) is 51.2 Å². The molecule has 1 aliphatic heterocycles. The molecule has 1 aromatic carbocycles. The Balaban J connectivity index is 1.81. The van der Waals surface area contributed by atoms with Gasteiger partial charge in [0.2, 0.25) is 11.9 Å². The molecule has 32 heavy (non-hydrogen) atoms. The minimum atomic E-state index is -0.284. The molecule has 0 unspecified atom stereocenters. The van der Waals surface area contributed by atoms with Gasteiger partial charge < -0.3 is 20.3 Å². The van der Waals surface area contributed by atoms with Crippen LogP contribution in [-0.2, 0) is 18.4 Å². The minimum absolute atomic E-state index is 0.0818. The summed E-state index contributed by atoms with van der Waals surface area (Å²) in [6, 6.07) is 7.05. The van der Waals surface area contributed by atoms with Crippen molar-refractivity contribution in [2.45, 2.75) is 20.4 Å². The lowest BCUT2D eigenvalue weighted by Crippen LogP contribution is -2.44. The molecule has 2 N–H and O–H groups in total. The molecule has 166 valence electrons. The van der Waals surface area contributed by atoms with Gasteiger partial charge in [-0.15, -0.1) is 5.92 Å². The van der Waals surface area contributed by atoms with E-state index in [0.29, 0.717) is 35.1 Å². The highest BCUT2D eigenvalue weighted by Gasteiger charge is 2.23. The molecule has 4 rings (SSSR count). The number of imidazole rings is 1. The monoisotopic (exact) mass is 435 g/mol. The molecule has 0 saturated carbocycles. The Labute approximate surface area is 185 Å². The van der Waals surface area contributed by atoms with Gasteiger partial charge in [0.25, 0.3) is 5.56 Å². The van der Waals surface area contributed by atoms with Gasteiger partial charge in [-0.1, -0.05) is 18.1 Å². The lowest BCUT2D eigenvalue weighted by Gasteiger charge is -2.28. The number of ether oxygens (including phenoxy) is 1. The van der Waals surface area contributed by atoms with E-state index in [2.05, 4.69) is 37.3 Å². The summed E-state index contributed by atoms with van der Waals surface area (Å²) in [5.41, 5.74) is 0.881. The number of hydrogen-bond donors (Lipinski definition) is 2. The van der Waals surface area contributed by atoms with E-state index < -0.39 is 0 Å². The molecule has 1 aliphatic rings. The van der Waals surface area contributed by atoms with E-state index >= 15 is 0 Å². The first-order chi connectivity index (χ1) is 15.5. The van der Waals surface area contributed by atoms with Gasteiger partial charge in [-0.25, -0.2) is 0 Å². The van der Waals surface area contributed by atoms with Gasteiger partial charge in [-0.2, -0.15) is 9.97 Å². The van der Waals surface area contributed by atoms with Gasteiger partial charge in [-0.05, 0) is 19.1 Å². The molecule has 1 amide bonds. The first-order valence-electron chi connectivity index (χ1n) is 10.4. The fourth-order valence-electron chi connectivity index (χ4n) is 3.58. The summed E-state index contributed by atoms with van der Waals surface area (Å²) in [4.78, 5) is 36.2. The summed E-state index contributed by atoms with van der Waals surface area (Å²) in [5.74, 6) is 6.74. The molecule has 1 fully saturated rings. The van der Waals surface area contributed by atoms with Crippen LogP contribution in [0.15, 0.2) is 29.1 Å². The number of nitrogens with zero attached hydrogens (tertiary/aromatic N) is 5. The average molecular weight is 435 g/mol. The third-order valence-electron chi connectivity index (χ3n) is 5.14. The van der Waals surface area contributed by atoms with Crippen LogP contribution in [0.1, 0.15) is 13.8 Å². The highest BCUT2D eigenvalue weighted by Crippen LogP contribution is 2.29. The van der Waals surface area contributed by atoms with Gasteiger partial charge in [0.05, 0.1) is 12.2 Å². The largest absolute Gasteiger partial charge is 0.423 e. The number of rotatable bonds is 5. The van der Waals surface area contributed by atoms with Crippen molar-refractivity contribution in [2.75, 3.05) is 36.4 Å². The van der Waals surface area contributed by atoms with Crippen LogP contribution in [0.25, 0.3) is 11.2 Å². The van der Waals surface area contributed by atoms with Crippen molar-refractivity contribution in [3.63, 3.8) is 0 Å². The van der Waals surface area contributed by atoms with Gasteiger partial charge >= 0.3 is 6.01 Å². The molecule has 0 radical (unpaired) electrons. The number of amides is 1.